The molecule has 4 aromatic carbocycles. The third kappa shape index (κ3) is 8.93. The largest absolute Gasteiger partial charge is 0.496 e. The highest BCUT2D eigenvalue weighted by atomic mass is 32.2. The van der Waals surface area contributed by atoms with Gasteiger partial charge in [0, 0.05) is 34.2 Å². The van der Waals surface area contributed by atoms with E-state index in [1.807, 2.05) is 91.0 Å². The Morgan fingerprint density at radius 3 is 2.34 bits per heavy atom. The molecule has 0 aromatic heterocycles. The van der Waals surface area contributed by atoms with E-state index in [0.29, 0.717) is 11.4 Å². The van der Waals surface area contributed by atoms with Crippen molar-refractivity contribution in [2.24, 2.45) is 5.92 Å². The summed E-state index contributed by atoms with van der Waals surface area (Å²) in [6, 6.07) is 31.0. The molecule has 2 amide bonds. The maximum Gasteiger partial charge on any atom is 0.328 e. The molecule has 5 unspecified atom stereocenters. The lowest BCUT2D eigenvalue weighted by Crippen LogP contribution is -2.45. The van der Waals surface area contributed by atoms with E-state index in [1.165, 1.54) is 7.11 Å². The first-order valence-corrected chi connectivity index (χ1v) is 16.4. The molecule has 5 rings (SSSR count). The first-order valence-electron chi connectivity index (χ1n) is 15.4. The Hall–Kier alpha value is -4.35. The molecule has 1 heterocycles. The lowest BCUT2D eigenvalue weighted by molar-refractivity contribution is -0.268. The lowest BCUT2D eigenvalue weighted by Gasteiger charge is -2.41. The van der Waals surface area contributed by atoms with Crippen LogP contribution < -0.4 is 15.4 Å². The van der Waals surface area contributed by atoms with Crippen molar-refractivity contribution in [2.45, 2.75) is 49.4 Å². The summed E-state index contributed by atoms with van der Waals surface area (Å²) in [4.78, 5) is 26.5. The Morgan fingerprint density at radius 1 is 0.872 bits per heavy atom. The maximum absolute atomic E-state index is 13.1. The summed E-state index contributed by atoms with van der Waals surface area (Å²) >= 11 is 1.66. The number of carbonyl (C=O) groups is 2. The van der Waals surface area contributed by atoms with E-state index in [0.717, 1.165) is 32.9 Å². The van der Waals surface area contributed by atoms with E-state index in [9.17, 15) is 14.7 Å². The Kier molecular flexibility index (Phi) is 11.9. The number of para-hydroxylation sites is 1. The fourth-order valence-corrected chi connectivity index (χ4v) is 6.69. The van der Waals surface area contributed by atoms with Gasteiger partial charge in [0.05, 0.1) is 33.0 Å². The monoisotopic (exact) mass is 656 g/mol. The van der Waals surface area contributed by atoms with Crippen LogP contribution >= 0.6 is 11.8 Å². The third-order valence-electron chi connectivity index (χ3n) is 8.09. The van der Waals surface area contributed by atoms with Gasteiger partial charge in [-0.3, -0.25) is 0 Å². The van der Waals surface area contributed by atoms with Crippen LogP contribution in [0.3, 0.4) is 0 Å². The molecule has 1 saturated heterocycles. The average molecular weight is 657 g/mol. The third-order valence-corrected chi connectivity index (χ3v) is 9.23. The molecular weight excluding hydrogens is 616 g/mol. The Labute approximate surface area is 279 Å². The van der Waals surface area contributed by atoms with Crippen molar-refractivity contribution in [3.8, 4) is 5.75 Å². The number of hydrogen-bond donors (Lipinski definition) is 3. The number of esters is 1. The molecule has 246 valence electrons. The van der Waals surface area contributed by atoms with Crippen LogP contribution in [0.1, 0.15) is 41.6 Å². The number of hydrogen-bond acceptors (Lipinski definition) is 8. The van der Waals surface area contributed by atoms with E-state index >= 15 is 0 Å². The standard InChI is InChI=1S/C37H40N2O7S/c1-24-32(23-47-33-15-8-7-14-31(33)43-2)45-36(46-34(24)27-18-16-26(22-40)17-19-27)28-12-9-13-29(21-28)38-37(42)39-30(35(41)44-3)20-25-10-5-4-6-11-25/h4-19,21,24,30,32,34,36,40H,20,22-23H2,1-3H3,(H2,38,39,42). The van der Waals surface area contributed by atoms with Gasteiger partial charge in [0.2, 0.25) is 0 Å². The van der Waals surface area contributed by atoms with Crippen molar-refractivity contribution in [3.63, 3.8) is 0 Å². The molecule has 1 fully saturated rings. The summed E-state index contributed by atoms with van der Waals surface area (Å²) in [6.07, 6.45) is -0.909. The molecule has 5 atom stereocenters. The molecule has 0 bridgehead atoms. The van der Waals surface area contributed by atoms with Gasteiger partial charge in [0.1, 0.15) is 11.8 Å². The van der Waals surface area contributed by atoms with E-state index in [-0.39, 0.29) is 31.2 Å². The first-order chi connectivity index (χ1) is 22.9. The molecule has 1 aliphatic rings. The number of aliphatic hydroxyl groups excluding tert-OH is 1. The second-order valence-corrected chi connectivity index (χ2v) is 12.3. The smallest absolute Gasteiger partial charge is 0.328 e. The highest BCUT2D eigenvalue weighted by Crippen LogP contribution is 2.44. The van der Waals surface area contributed by atoms with E-state index in [1.54, 1.807) is 31.0 Å². The summed E-state index contributed by atoms with van der Waals surface area (Å²) in [6.45, 7) is 2.08. The van der Waals surface area contributed by atoms with Crippen molar-refractivity contribution in [1.82, 2.24) is 5.32 Å². The van der Waals surface area contributed by atoms with Gasteiger partial charge >= 0.3 is 12.0 Å². The molecular formula is C37H40N2O7S. The van der Waals surface area contributed by atoms with Gasteiger partial charge in [-0.25, -0.2) is 9.59 Å². The number of methoxy groups -OCH3 is 2. The molecule has 0 saturated carbocycles. The van der Waals surface area contributed by atoms with Crippen LogP contribution in [0.25, 0.3) is 0 Å². The van der Waals surface area contributed by atoms with Gasteiger partial charge in [-0.2, -0.15) is 0 Å². The number of ether oxygens (including phenoxy) is 4. The van der Waals surface area contributed by atoms with Crippen molar-refractivity contribution in [2.75, 3.05) is 25.3 Å². The number of nitrogens with one attached hydrogen (secondary N) is 2. The van der Waals surface area contributed by atoms with Crippen LogP contribution in [0, 0.1) is 5.92 Å². The van der Waals surface area contributed by atoms with Crippen LogP contribution in [0.15, 0.2) is 108 Å². The predicted octanol–water partition coefficient (Wildman–Crippen LogP) is 6.68. The first kappa shape index (κ1) is 34.0. The molecule has 0 aliphatic carbocycles. The van der Waals surface area contributed by atoms with Crippen LogP contribution in [-0.2, 0) is 32.0 Å². The summed E-state index contributed by atoms with van der Waals surface area (Å²) in [5, 5.41) is 15.1. The quantitative estimate of drug-likeness (QED) is 0.114. The van der Waals surface area contributed by atoms with Crippen LogP contribution in [-0.4, -0.2) is 49.2 Å². The van der Waals surface area contributed by atoms with Gasteiger partial charge < -0.3 is 34.7 Å². The van der Waals surface area contributed by atoms with Gasteiger partial charge in [-0.15, -0.1) is 11.8 Å². The van der Waals surface area contributed by atoms with Crippen LogP contribution in [0.2, 0.25) is 0 Å². The minimum atomic E-state index is -0.864. The van der Waals surface area contributed by atoms with Crippen molar-refractivity contribution < 1.29 is 33.6 Å². The summed E-state index contributed by atoms with van der Waals surface area (Å²) in [5.41, 5.74) is 3.94. The second kappa shape index (κ2) is 16.5. The van der Waals surface area contributed by atoms with Gasteiger partial charge in [0.15, 0.2) is 6.29 Å². The van der Waals surface area contributed by atoms with Gasteiger partial charge in [0.25, 0.3) is 0 Å². The molecule has 47 heavy (non-hydrogen) atoms. The van der Waals surface area contributed by atoms with Gasteiger partial charge in [-0.05, 0) is 41.0 Å². The molecule has 0 spiro atoms. The SMILES string of the molecule is COC(=O)C(Cc1ccccc1)NC(=O)Nc1cccc(C2OC(CSc3ccccc3OC)C(C)C(c3ccc(CO)cc3)O2)c1. The number of amides is 2. The minimum Gasteiger partial charge on any atom is -0.496 e. The number of anilines is 1. The lowest BCUT2D eigenvalue weighted by atomic mass is 9.91. The molecule has 10 heteroatoms. The highest BCUT2D eigenvalue weighted by Gasteiger charge is 2.38. The minimum absolute atomic E-state index is 0.000360. The van der Waals surface area contributed by atoms with Gasteiger partial charge in [-0.1, -0.05) is 85.8 Å². The number of carbonyl (C=O) groups excluding carboxylic acids is 2. The number of urea groups is 1. The fourth-order valence-electron chi connectivity index (χ4n) is 5.49. The van der Waals surface area contributed by atoms with Crippen molar-refractivity contribution >= 4 is 29.4 Å². The van der Waals surface area contributed by atoms with E-state index in [2.05, 4.69) is 17.6 Å². The normalized spacial score (nSPS) is 19.7. The molecule has 9 nitrogen and oxygen atoms in total. The molecule has 3 N–H and O–H groups in total. The molecule has 1 aliphatic heterocycles. The topological polar surface area (TPSA) is 115 Å². The number of benzene rings is 4. The second-order valence-electron chi connectivity index (χ2n) is 11.3. The zero-order valence-electron chi connectivity index (χ0n) is 26.6. The highest BCUT2D eigenvalue weighted by molar-refractivity contribution is 7.99. The number of rotatable bonds is 12. The maximum atomic E-state index is 13.1. The zero-order chi connectivity index (χ0) is 33.2. The van der Waals surface area contributed by atoms with Crippen LogP contribution in [0.4, 0.5) is 10.5 Å². The Morgan fingerprint density at radius 2 is 1.62 bits per heavy atom. The predicted molar refractivity (Wildman–Crippen MR) is 181 cm³/mol. The molecule has 0 radical (unpaired) electrons. The van der Waals surface area contributed by atoms with E-state index < -0.39 is 24.3 Å². The fraction of sp³-hybridized carbons (Fsp3) is 0.297. The number of aliphatic hydroxyl groups is 1. The summed E-state index contributed by atoms with van der Waals surface area (Å²) in [5.74, 6) is 0.926. The van der Waals surface area contributed by atoms with Crippen LogP contribution in [0.5, 0.6) is 5.75 Å². The number of thioether (sulfide) groups is 1. The molecule has 4 aromatic rings. The van der Waals surface area contributed by atoms with Crippen molar-refractivity contribution in [3.05, 3.63) is 125 Å². The summed E-state index contributed by atoms with van der Waals surface area (Å²) < 4.78 is 23.7. The Bertz CT molecular complexity index is 1620. The zero-order valence-corrected chi connectivity index (χ0v) is 27.4. The van der Waals surface area contributed by atoms with E-state index in [4.69, 9.17) is 18.9 Å². The average Bonchev–Trinajstić information content (AvgIpc) is 3.11. The van der Waals surface area contributed by atoms with Crippen molar-refractivity contribution in [1.29, 1.82) is 0 Å². The summed E-state index contributed by atoms with van der Waals surface area (Å²) in [7, 11) is 2.96. The Balaban J connectivity index is 1.33.